The lowest BCUT2D eigenvalue weighted by Crippen LogP contribution is -2.39. The summed E-state index contributed by atoms with van der Waals surface area (Å²) in [5, 5.41) is 10.7. The van der Waals surface area contributed by atoms with Crippen LogP contribution >= 0.6 is 11.3 Å². The zero-order valence-electron chi connectivity index (χ0n) is 14.8. The Morgan fingerprint density at radius 2 is 1.86 bits per heavy atom. The number of benzene rings is 2. The second-order valence-electron chi connectivity index (χ2n) is 6.94. The minimum atomic E-state index is -4.40. The Balaban J connectivity index is 1.80. The van der Waals surface area contributed by atoms with Crippen molar-refractivity contribution in [2.45, 2.75) is 31.1 Å². The fourth-order valence-electron chi connectivity index (χ4n) is 3.87. The summed E-state index contributed by atoms with van der Waals surface area (Å²) in [4.78, 5) is 14.6. The first kappa shape index (κ1) is 19.0. The van der Waals surface area contributed by atoms with Gasteiger partial charge in [-0.3, -0.25) is 9.69 Å². The van der Waals surface area contributed by atoms with E-state index in [9.17, 15) is 23.1 Å². The molecule has 0 bridgehead atoms. The van der Waals surface area contributed by atoms with E-state index in [1.54, 1.807) is 11.3 Å². The van der Waals surface area contributed by atoms with Gasteiger partial charge in [0.15, 0.2) is 0 Å². The predicted octanol–water partition coefficient (Wildman–Crippen LogP) is 5.56. The van der Waals surface area contributed by atoms with Crippen molar-refractivity contribution in [3.8, 4) is 0 Å². The molecule has 1 N–H and O–H groups in total. The molecule has 2 unspecified atom stereocenters. The maximum absolute atomic E-state index is 13.0. The number of alkyl halides is 3. The number of carboxylic acid groups (broad SMARTS) is 1. The standard InChI is InChI=1S/C21H18F3NO2S/c22-21(23,24)15-9-7-13(8-10-15)19(25-11-3-5-16(25)20(26)27)18-12-14-4-1-2-6-17(14)28-18/h1-2,4,6-10,12,16,19H,3,5,11H2,(H,26,27). The van der Waals surface area contributed by atoms with Gasteiger partial charge in [0.1, 0.15) is 6.04 Å². The highest BCUT2D eigenvalue weighted by atomic mass is 32.1. The Hall–Kier alpha value is -2.38. The fourth-order valence-corrected chi connectivity index (χ4v) is 5.09. The Morgan fingerprint density at radius 3 is 2.50 bits per heavy atom. The highest BCUT2D eigenvalue weighted by molar-refractivity contribution is 7.19. The van der Waals surface area contributed by atoms with Crippen LogP contribution in [-0.4, -0.2) is 28.6 Å². The molecule has 0 amide bonds. The van der Waals surface area contributed by atoms with Gasteiger partial charge in [-0.15, -0.1) is 11.3 Å². The number of thiophene rings is 1. The number of aliphatic carboxylic acids is 1. The van der Waals surface area contributed by atoms with E-state index in [1.807, 2.05) is 35.2 Å². The number of halogens is 3. The van der Waals surface area contributed by atoms with Gasteiger partial charge in [0, 0.05) is 16.1 Å². The van der Waals surface area contributed by atoms with Crippen LogP contribution in [0, 0.1) is 0 Å². The quantitative estimate of drug-likeness (QED) is 0.618. The summed E-state index contributed by atoms with van der Waals surface area (Å²) in [7, 11) is 0. The molecule has 1 aliphatic rings. The molecule has 0 radical (unpaired) electrons. The van der Waals surface area contributed by atoms with Crippen LogP contribution in [0.25, 0.3) is 10.1 Å². The van der Waals surface area contributed by atoms with E-state index in [0.717, 1.165) is 33.5 Å². The van der Waals surface area contributed by atoms with Crippen LogP contribution < -0.4 is 0 Å². The van der Waals surface area contributed by atoms with Crippen molar-refractivity contribution in [1.82, 2.24) is 4.90 Å². The molecule has 1 saturated heterocycles. The number of carbonyl (C=O) groups is 1. The van der Waals surface area contributed by atoms with Crippen LogP contribution in [0.5, 0.6) is 0 Å². The summed E-state index contributed by atoms with van der Waals surface area (Å²) in [5.74, 6) is -0.893. The smallest absolute Gasteiger partial charge is 0.416 e. The van der Waals surface area contributed by atoms with Crippen molar-refractivity contribution in [3.63, 3.8) is 0 Å². The van der Waals surface area contributed by atoms with Crippen LogP contribution in [0.4, 0.5) is 13.2 Å². The van der Waals surface area contributed by atoms with Crippen molar-refractivity contribution in [2.24, 2.45) is 0 Å². The molecule has 2 atom stereocenters. The molecule has 1 fully saturated rings. The van der Waals surface area contributed by atoms with Crippen molar-refractivity contribution < 1.29 is 23.1 Å². The molecule has 2 heterocycles. The molecule has 7 heteroatoms. The first-order chi connectivity index (χ1) is 13.3. The van der Waals surface area contributed by atoms with Crippen LogP contribution in [0.3, 0.4) is 0 Å². The van der Waals surface area contributed by atoms with E-state index < -0.39 is 23.8 Å². The maximum atomic E-state index is 13.0. The highest BCUT2D eigenvalue weighted by Gasteiger charge is 2.38. The molecule has 28 heavy (non-hydrogen) atoms. The largest absolute Gasteiger partial charge is 0.480 e. The third-order valence-corrected chi connectivity index (χ3v) is 6.35. The Labute approximate surface area is 164 Å². The zero-order valence-corrected chi connectivity index (χ0v) is 15.6. The average molecular weight is 405 g/mol. The van der Waals surface area contributed by atoms with Gasteiger partial charge in [0.25, 0.3) is 0 Å². The summed E-state index contributed by atoms with van der Waals surface area (Å²) in [6.45, 7) is 0.594. The van der Waals surface area contributed by atoms with Gasteiger partial charge in [-0.25, -0.2) is 0 Å². The number of fused-ring (bicyclic) bond motifs is 1. The number of hydrogen-bond acceptors (Lipinski definition) is 3. The molecule has 3 nitrogen and oxygen atoms in total. The maximum Gasteiger partial charge on any atom is 0.416 e. The fraction of sp³-hybridized carbons (Fsp3) is 0.286. The average Bonchev–Trinajstić information content (AvgIpc) is 3.29. The summed E-state index contributed by atoms with van der Waals surface area (Å²) < 4.78 is 40.0. The number of hydrogen-bond donors (Lipinski definition) is 1. The van der Waals surface area contributed by atoms with E-state index in [-0.39, 0.29) is 6.04 Å². The number of likely N-dealkylation sites (tertiary alicyclic amines) is 1. The Bertz CT molecular complexity index is 964. The Morgan fingerprint density at radius 1 is 1.14 bits per heavy atom. The monoisotopic (exact) mass is 405 g/mol. The van der Waals surface area contributed by atoms with Crippen LogP contribution in [0.15, 0.2) is 54.6 Å². The summed E-state index contributed by atoms with van der Waals surface area (Å²) >= 11 is 1.55. The van der Waals surface area contributed by atoms with Crippen molar-refractivity contribution in [2.75, 3.05) is 6.54 Å². The predicted molar refractivity (Wildman–Crippen MR) is 102 cm³/mol. The lowest BCUT2D eigenvalue weighted by atomic mass is 10.00. The van der Waals surface area contributed by atoms with Crippen LogP contribution in [-0.2, 0) is 11.0 Å². The topological polar surface area (TPSA) is 40.5 Å². The van der Waals surface area contributed by atoms with E-state index >= 15 is 0 Å². The van der Waals surface area contributed by atoms with Gasteiger partial charge in [0.2, 0.25) is 0 Å². The third kappa shape index (κ3) is 3.52. The minimum absolute atomic E-state index is 0.386. The molecule has 146 valence electrons. The highest BCUT2D eigenvalue weighted by Crippen LogP contribution is 2.41. The van der Waals surface area contributed by atoms with Gasteiger partial charge in [-0.2, -0.15) is 13.2 Å². The van der Waals surface area contributed by atoms with E-state index in [0.29, 0.717) is 18.5 Å². The molecule has 2 aromatic carbocycles. The van der Waals surface area contributed by atoms with Gasteiger partial charge < -0.3 is 5.11 Å². The second-order valence-corrected chi connectivity index (χ2v) is 8.06. The zero-order chi connectivity index (χ0) is 19.9. The van der Waals surface area contributed by atoms with E-state index in [4.69, 9.17) is 0 Å². The minimum Gasteiger partial charge on any atom is -0.480 e. The van der Waals surface area contributed by atoms with Crippen molar-refractivity contribution >= 4 is 27.4 Å². The molecule has 0 aliphatic carbocycles. The summed E-state index contributed by atoms with van der Waals surface area (Å²) in [6, 6.07) is 13.9. The third-order valence-electron chi connectivity index (χ3n) is 5.18. The van der Waals surface area contributed by atoms with Gasteiger partial charge in [0.05, 0.1) is 11.6 Å². The SMILES string of the molecule is O=C(O)C1CCCN1C(c1ccc(C(F)(F)F)cc1)c1cc2ccccc2s1. The van der Waals surface area contributed by atoms with E-state index in [1.165, 1.54) is 12.1 Å². The normalized spacial score (nSPS) is 19.2. The number of rotatable bonds is 4. The van der Waals surface area contributed by atoms with Gasteiger partial charge >= 0.3 is 12.1 Å². The molecule has 0 saturated carbocycles. The molecule has 1 aliphatic heterocycles. The van der Waals surface area contributed by atoms with Crippen molar-refractivity contribution in [1.29, 1.82) is 0 Å². The molecule has 1 aromatic heterocycles. The van der Waals surface area contributed by atoms with Gasteiger partial charge in [-0.05, 0) is 48.1 Å². The second kappa shape index (κ2) is 7.22. The lowest BCUT2D eigenvalue weighted by molar-refractivity contribution is -0.142. The number of nitrogens with zero attached hydrogens (tertiary/aromatic N) is 1. The summed E-state index contributed by atoms with van der Waals surface area (Å²) in [5.41, 5.74) is -0.0322. The number of carboxylic acids is 1. The van der Waals surface area contributed by atoms with E-state index in [2.05, 4.69) is 0 Å². The molecular formula is C21H18F3NO2S. The first-order valence-corrected chi connectivity index (χ1v) is 9.80. The molecule has 3 aromatic rings. The van der Waals surface area contributed by atoms with Gasteiger partial charge in [-0.1, -0.05) is 30.3 Å². The molecule has 0 spiro atoms. The molecular weight excluding hydrogens is 387 g/mol. The summed E-state index contributed by atoms with van der Waals surface area (Å²) in [6.07, 6.45) is -3.11. The Kier molecular flexibility index (Phi) is 4.89. The molecule has 4 rings (SSSR count). The van der Waals surface area contributed by atoms with Crippen LogP contribution in [0.1, 0.15) is 34.9 Å². The van der Waals surface area contributed by atoms with Crippen molar-refractivity contribution in [3.05, 3.63) is 70.6 Å². The van der Waals surface area contributed by atoms with Crippen LogP contribution in [0.2, 0.25) is 0 Å². The first-order valence-electron chi connectivity index (χ1n) is 8.99. The lowest BCUT2D eigenvalue weighted by Gasteiger charge is -2.31.